The largest absolute Gasteiger partial charge is 0.315 e. The molecular weight excluding hydrogens is 384 g/mol. The van der Waals surface area contributed by atoms with Gasteiger partial charge in [0.25, 0.3) is 5.56 Å². The minimum Gasteiger partial charge on any atom is -0.315 e. The van der Waals surface area contributed by atoms with Gasteiger partial charge in [0.1, 0.15) is 5.82 Å². The van der Waals surface area contributed by atoms with Crippen LogP contribution in [0.3, 0.4) is 0 Å². The molecule has 0 unspecified atom stereocenters. The summed E-state index contributed by atoms with van der Waals surface area (Å²) >= 11 is 6.08. The second-order valence-electron chi connectivity index (χ2n) is 9.20. The molecule has 6 heteroatoms. The van der Waals surface area contributed by atoms with Crippen LogP contribution >= 0.6 is 11.6 Å². The van der Waals surface area contributed by atoms with E-state index in [-0.39, 0.29) is 11.5 Å². The molecule has 0 bridgehead atoms. The van der Waals surface area contributed by atoms with E-state index in [4.69, 9.17) is 16.6 Å². The van der Waals surface area contributed by atoms with Crippen molar-refractivity contribution in [1.29, 1.82) is 0 Å². The summed E-state index contributed by atoms with van der Waals surface area (Å²) in [6, 6.07) is 7.41. The van der Waals surface area contributed by atoms with Gasteiger partial charge in [-0.05, 0) is 68.2 Å². The highest BCUT2D eigenvalue weighted by atomic mass is 35.5. The lowest BCUT2D eigenvalue weighted by atomic mass is 9.69. The molecule has 154 valence electrons. The number of benzene rings is 1. The van der Waals surface area contributed by atoms with Gasteiger partial charge in [-0.15, -0.1) is 0 Å². The molecule has 0 N–H and O–H groups in total. The molecule has 29 heavy (non-hydrogen) atoms. The van der Waals surface area contributed by atoms with Gasteiger partial charge in [0.15, 0.2) is 11.2 Å². The molecule has 0 amide bonds. The Hall–Kier alpha value is -2.14. The average molecular weight is 413 g/mol. The van der Waals surface area contributed by atoms with Crippen LogP contribution in [0.1, 0.15) is 65.1 Å². The zero-order chi connectivity index (χ0) is 20.8. The lowest BCUT2D eigenvalue weighted by Crippen LogP contribution is -2.30. The van der Waals surface area contributed by atoms with Crippen molar-refractivity contribution in [2.24, 2.45) is 11.3 Å². The number of rotatable bonds is 3. The van der Waals surface area contributed by atoms with Crippen LogP contribution in [-0.4, -0.2) is 19.1 Å². The van der Waals surface area contributed by atoms with Gasteiger partial charge in [-0.25, -0.2) is 9.97 Å². The Kier molecular flexibility index (Phi) is 5.28. The maximum Gasteiger partial charge on any atom is 0.286 e. The number of aryl methyl sites for hydroxylation is 1. The molecule has 1 aliphatic carbocycles. The molecule has 1 saturated carbocycles. The minimum atomic E-state index is -0.0996. The molecule has 2 aromatic heterocycles. The first-order valence-corrected chi connectivity index (χ1v) is 10.9. The predicted molar refractivity (Wildman–Crippen MR) is 118 cm³/mol. The number of nitrogens with zero attached hydrogens (tertiary/aromatic N) is 4. The molecule has 3 aromatic rings. The van der Waals surface area contributed by atoms with Crippen LogP contribution in [0.15, 0.2) is 35.4 Å². The molecule has 5 nitrogen and oxygen atoms in total. The monoisotopic (exact) mass is 412 g/mol. The number of halogens is 1. The van der Waals surface area contributed by atoms with Crippen molar-refractivity contribution in [3.05, 3.63) is 51.8 Å². The molecule has 0 radical (unpaired) electrons. The standard InChI is InChI=1S/C23H29ClN4O/c1-5-27-14-25-19-21(27)26-20(15-6-8-16(9-7-15)23(2,3)4)28(22(19)29)18-12-10-17(24)11-13-18/h10-16H,5-9H2,1-4H3. The first kappa shape index (κ1) is 20.1. The van der Waals surface area contributed by atoms with Gasteiger partial charge in [-0.3, -0.25) is 9.36 Å². The quantitative estimate of drug-likeness (QED) is 0.564. The van der Waals surface area contributed by atoms with Crippen molar-refractivity contribution in [3.63, 3.8) is 0 Å². The summed E-state index contributed by atoms with van der Waals surface area (Å²) in [5.74, 6) is 1.83. The topological polar surface area (TPSA) is 52.7 Å². The zero-order valence-corrected chi connectivity index (χ0v) is 18.4. The van der Waals surface area contributed by atoms with Crippen LogP contribution in [0, 0.1) is 11.3 Å². The van der Waals surface area contributed by atoms with Gasteiger partial charge in [-0.1, -0.05) is 32.4 Å². The highest BCUT2D eigenvalue weighted by molar-refractivity contribution is 6.30. The summed E-state index contributed by atoms with van der Waals surface area (Å²) in [6.45, 7) is 9.76. The Bertz CT molecular complexity index is 1070. The highest BCUT2D eigenvalue weighted by Gasteiger charge is 2.32. The fourth-order valence-electron chi connectivity index (χ4n) is 4.57. The molecule has 0 atom stereocenters. The van der Waals surface area contributed by atoms with E-state index >= 15 is 0 Å². The van der Waals surface area contributed by atoms with Crippen LogP contribution in [0.5, 0.6) is 0 Å². The maximum atomic E-state index is 13.4. The lowest BCUT2D eigenvalue weighted by molar-refractivity contribution is 0.166. The van der Waals surface area contributed by atoms with Gasteiger partial charge >= 0.3 is 0 Å². The first-order valence-electron chi connectivity index (χ1n) is 10.5. The Morgan fingerprint density at radius 2 is 1.76 bits per heavy atom. The second kappa shape index (κ2) is 7.60. The highest BCUT2D eigenvalue weighted by Crippen LogP contribution is 2.43. The smallest absolute Gasteiger partial charge is 0.286 e. The van der Waals surface area contributed by atoms with Crippen molar-refractivity contribution in [2.45, 2.75) is 65.8 Å². The molecule has 4 rings (SSSR count). The number of imidazole rings is 1. The third-order valence-electron chi connectivity index (χ3n) is 6.41. The summed E-state index contributed by atoms with van der Waals surface area (Å²) in [7, 11) is 0. The van der Waals surface area contributed by atoms with Crippen molar-refractivity contribution in [1.82, 2.24) is 19.1 Å². The van der Waals surface area contributed by atoms with Crippen LogP contribution in [0.4, 0.5) is 0 Å². The van der Waals surface area contributed by atoms with E-state index in [1.807, 2.05) is 35.8 Å². The fourth-order valence-corrected chi connectivity index (χ4v) is 4.70. The normalized spacial score (nSPS) is 20.3. The summed E-state index contributed by atoms with van der Waals surface area (Å²) in [5.41, 5.74) is 2.13. The lowest BCUT2D eigenvalue weighted by Gasteiger charge is -2.37. The van der Waals surface area contributed by atoms with Crippen molar-refractivity contribution in [3.8, 4) is 5.69 Å². The molecule has 0 spiro atoms. The van der Waals surface area contributed by atoms with Gasteiger partial charge in [0, 0.05) is 17.5 Å². The van der Waals surface area contributed by atoms with E-state index in [0.29, 0.717) is 27.5 Å². The Labute approximate surface area is 176 Å². The Morgan fingerprint density at radius 3 is 2.34 bits per heavy atom. The first-order chi connectivity index (χ1) is 13.8. The Morgan fingerprint density at radius 1 is 1.10 bits per heavy atom. The molecule has 0 aliphatic heterocycles. The van der Waals surface area contributed by atoms with E-state index < -0.39 is 0 Å². The van der Waals surface area contributed by atoms with Crippen molar-refractivity contribution < 1.29 is 0 Å². The van der Waals surface area contributed by atoms with Gasteiger partial charge in [-0.2, -0.15) is 0 Å². The number of fused-ring (bicyclic) bond motifs is 1. The van der Waals surface area contributed by atoms with Crippen molar-refractivity contribution in [2.75, 3.05) is 0 Å². The summed E-state index contributed by atoms with van der Waals surface area (Å²) in [4.78, 5) is 22.8. The zero-order valence-electron chi connectivity index (χ0n) is 17.7. The molecule has 1 aliphatic rings. The van der Waals surface area contributed by atoms with Crippen LogP contribution < -0.4 is 5.56 Å². The van der Waals surface area contributed by atoms with E-state index in [1.165, 1.54) is 0 Å². The van der Waals surface area contributed by atoms with Gasteiger partial charge in [0.05, 0.1) is 12.0 Å². The number of hydrogen-bond acceptors (Lipinski definition) is 3. The third kappa shape index (κ3) is 3.73. The van der Waals surface area contributed by atoms with Gasteiger partial charge < -0.3 is 4.57 Å². The van der Waals surface area contributed by atoms with Gasteiger partial charge in [0.2, 0.25) is 0 Å². The summed E-state index contributed by atoms with van der Waals surface area (Å²) in [5, 5.41) is 0.651. The third-order valence-corrected chi connectivity index (χ3v) is 6.66. The fraction of sp³-hybridized carbons (Fsp3) is 0.522. The molecule has 1 fully saturated rings. The second-order valence-corrected chi connectivity index (χ2v) is 9.64. The average Bonchev–Trinajstić information content (AvgIpc) is 3.12. The van der Waals surface area contributed by atoms with E-state index in [9.17, 15) is 4.79 Å². The van der Waals surface area contributed by atoms with E-state index in [0.717, 1.165) is 43.7 Å². The molecule has 2 heterocycles. The van der Waals surface area contributed by atoms with Crippen molar-refractivity contribution >= 4 is 22.8 Å². The molecule has 1 aromatic carbocycles. The number of aromatic nitrogens is 4. The minimum absolute atomic E-state index is 0.0996. The van der Waals surface area contributed by atoms with Crippen LogP contribution in [0.25, 0.3) is 16.9 Å². The Balaban J connectivity index is 1.84. The molecule has 0 saturated heterocycles. The molecular formula is C23H29ClN4O. The van der Waals surface area contributed by atoms with Crippen LogP contribution in [-0.2, 0) is 6.54 Å². The maximum absolute atomic E-state index is 13.4. The summed E-state index contributed by atoms with van der Waals surface area (Å²) < 4.78 is 3.71. The van der Waals surface area contributed by atoms with Crippen LogP contribution in [0.2, 0.25) is 5.02 Å². The summed E-state index contributed by atoms with van der Waals surface area (Å²) in [6.07, 6.45) is 6.14. The van der Waals surface area contributed by atoms with E-state index in [1.54, 1.807) is 10.9 Å². The SMILES string of the molecule is CCn1cnc2c(=O)n(-c3ccc(Cl)cc3)c(C3CCC(C(C)(C)C)CC3)nc21. The number of hydrogen-bond donors (Lipinski definition) is 0. The predicted octanol–water partition coefficient (Wildman–Crippen LogP) is 5.58. The van der Waals surface area contributed by atoms with E-state index in [2.05, 4.69) is 25.8 Å².